The van der Waals surface area contributed by atoms with Gasteiger partial charge in [0, 0.05) is 19.6 Å². The Kier molecular flexibility index (Phi) is 10.2. The van der Waals surface area contributed by atoms with Crippen molar-refractivity contribution >= 4 is 5.97 Å². The van der Waals surface area contributed by atoms with Crippen LogP contribution in [-0.2, 0) is 32.1 Å². The summed E-state index contributed by atoms with van der Waals surface area (Å²) in [6.45, 7) is 6.15. The minimum absolute atomic E-state index is 0.0225. The number of carbonyl (C=O) groups is 1. The van der Waals surface area contributed by atoms with Crippen LogP contribution < -0.4 is 0 Å². The van der Waals surface area contributed by atoms with Gasteiger partial charge in [0.25, 0.3) is 0 Å². The van der Waals surface area contributed by atoms with Gasteiger partial charge in [-0.2, -0.15) is 0 Å². The maximum atomic E-state index is 11.2. The van der Waals surface area contributed by atoms with Crippen LogP contribution in [0.4, 0.5) is 0 Å². The second kappa shape index (κ2) is 13.0. The number of nitrogens with zero attached hydrogens (tertiary/aromatic N) is 1. The highest BCUT2D eigenvalue weighted by Gasteiger charge is 2.07. The van der Waals surface area contributed by atoms with E-state index in [9.17, 15) is 4.79 Å². The highest BCUT2D eigenvalue weighted by Crippen LogP contribution is 2.09. The first-order valence-corrected chi connectivity index (χ1v) is 9.39. The fourth-order valence-corrected chi connectivity index (χ4v) is 2.67. The Labute approximate surface area is 161 Å². The summed E-state index contributed by atoms with van der Waals surface area (Å²) in [5.74, 6) is -0.339. The lowest BCUT2D eigenvalue weighted by molar-refractivity contribution is -0.148. The third kappa shape index (κ3) is 9.33. The maximum absolute atomic E-state index is 11.2. The lowest BCUT2D eigenvalue weighted by Crippen LogP contribution is -2.27. The number of esters is 1. The largest absolute Gasteiger partial charge is 0.464 e. The van der Waals surface area contributed by atoms with E-state index in [1.807, 2.05) is 12.1 Å². The topological polar surface area (TPSA) is 48.0 Å². The summed E-state index contributed by atoms with van der Waals surface area (Å²) < 4.78 is 15.7. The second-order valence-corrected chi connectivity index (χ2v) is 6.15. The molecule has 0 radical (unpaired) electrons. The van der Waals surface area contributed by atoms with Crippen LogP contribution in [0.2, 0.25) is 0 Å². The van der Waals surface area contributed by atoms with Gasteiger partial charge in [-0.1, -0.05) is 60.7 Å². The molecule has 0 heterocycles. The predicted octanol–water partition coefficient (Wildman–Crippen LogP) is 3.29. The van der Waals surface area contributed by atoms with Crippen molar-refractivity contribution in [2.75, 3.05) is 39.6 Å². The van der Waals surface area contributed by atoms with Crippen LogP contribution in [0, 0.1) is 0 Å². The molecule has 0 aliphatic heterocycles. The van der Waals surface area contributed by atoms with Gasteiger partial charge in [-0.25, -0.2) is 4.79 Å². The van der Waals surface area contributed by atoms with Gasteiger partial charge < -0.3 is 14.2 Å². The molecular weight excluding hydrogens is 342 g/mol. The zero-order valence-electron chi connectivity index (χ0n) is 16.0. The van der Waals surface area contributed by atoms with E-state index in [-0.39, 0.29) is 12.6 Å². The van der Waals surface area contributed by atoms with E-state index < -0.39 is 0 Å². The third-order valence-electron chi connectivity index (χ3n) is 3.95. The molecule has 0 N–H and O–H groups in total. The van der Waals surface area contributed by atoms with Crippen molar-refractivity contribution in [1.29, 1.82) is 0 Å². The quantitative estimate of drug-likeness (QED) is 0.399. The number of hydrogen-bond donors (Lipinski definition) is 0. The zero-order chi connectivity index (χ0) is 19.2. The number of rotatable bonds is 13. The number of ether oxygens (including phenoxy) is 3. The maximum Gasteiger partial charge on any atom is 0.332 e. The molecule has 0 atom stereocenters. The highest BCUT2D eigenvalue weighted by molar-refractivity contribution is 5.70. The number of benzene rings is 2. The van der Waals surface area contributed by atoms with E-state index in [2.05, 4.69) is 53.4 Å². The first kappa shape index (κ1) is 21.1. The Morgan fingerprint density at radius 3 is 1.93 bits per heavy atom. The predicted molar refractivity (Wildman–Crippen MR) is 105 cm³/mol. The Morgan fingerprint density at radius 2 is 1.37 bits per heavy atom. The van der Waals surface area contributed by atoms with Crippen LogP contribution >= 0.6 is 0 Å². The summed E-state index contributed by atoms with van der Waals surface area (Å²) in [5.41, 5.74) is 2.57. The van der Waals surface area contributed by atoms with Gasteiger partial charge in [0.1, 0.15) is 6.61 Å². The van der Waals surface area contributed by atoms with Gasteiger partial charge >= 0.3 is 5.97 Å². The van der Waals surface area contributed by atoms with Gasteiger partial charge in [-0.05, 0) is 18.1 Å². The van der Waals surface area contributed by atoms with Crippen LogP contribution in [-0.4, -0.2) is 50.4 Å². The van der Waals surface area contributed by atoms with Crippen molar-refractivity contribution in [3.63, 3.8) is 0 Å². The van der Waals surface area contributed by atoms with Gasteiger partial charge in [-0.3, -0.25) is 4.90 Å². The lowest BCUT2D eigenvalue weighted by Gasteiger charge is -2.22. The van der Waals surface area contributed by atoms with E-state index >= 15 is 0 Å². The highest BCUT2D eigenvalue weighted by atomic mass is 16.6. The van der Waals surface area contributed by atoms with Crippen molar-refractivity contribution in [3.8, 4) is 0 Å². The zero-order valence-corrected chi connectivity index (χ0v) is 16.0. The molecule has 0 bridgehead atoms. The Balaban J connectivity index is 1.71. The Hall–Kier alpha value is -2.21. The smallest absolute Gasteiger partial charge is 0.332 e. The molecule has 0 fully saturated rings. The molecule has 0 aromatic heterocycles. The molecule has 0 unspecified atom stereocenters. The fourth-order valence-electron chi connectivity index (χ4n) is 2.67. The van der Waals surface area contributed by atoms with Crippen LogP contribution in [0.15, 0.2) is 60.7 Å². The van der Waals surface area contributed by atoms with E-state index in [0.717, 1.165) is 19.6 Å². The lowest BCUT2D eigenvalue weighted by atomic mass is 10.1. The molecule has 2 aromatic carbocycles. The standard InChI is InChI=1S/C22H29NO4/c1-2-27-22(24)19-26-16-15-25-14-13-23(17-20-9-5-3-6-10-20)18-21-11-7-4-8-12-21/h3-12H,2,13-19H2,1H3. The molecule has 5 nitrogen and oxygen atoms in total. The first-order valence-electron chi connectivity index (χ1n) is 9.39. The second-order valence-electron chi connectivity index (χ2n) is 6.15. The molecule has 0 saturated carbocycles. The molecule has 0 aliphatic rings. The van der Waals surface area contributed by atoms with Crippen molar-refractivity contribution < 1.29 is 19.0 Å². The van der Waals surface area contributed by atoms with Crippen LogP contribution in [0.5, 0.6) is 0 Å². The summed E-state index contributed by atoms with van der Waals surface area (Å²) in [7, 11) is 0. The fraction of sp³-hybridized carbons (Fsp3) is 0.409. The molecule has 0 aliphatic carbocycles. The van der Waals surface area contributed by atoms with Gasteiger partial charge in [0.15, 0.2) is 0 Å². The summed E-state index contributed by atoms with van der Waals surface area (Å²) in [4.78, 5) is 13.5. The molecule has 0 spiro atoms. The van der Waals surface area contributed by atoms with E-state index in [1.54, 1.807) is 6.92 Å². The minimum atomic E-state index is -0.339. The molecule has 2 aromatic rings. The average Bonchev–Trinajstić information content (AvgIpc) is 2.69. The molecule has 5 heteroatoms. The van der Waals surface area contributed by atoms with Crippen LogP contribution in [0.1, 0.15) is 18.1 Å². The third-order valence-corrected chi connectivity index (χ3v) is 3.95. The molecule has 0 amide bonds. The van der Waals surface area contributed by atoms with Crippen molar-refractivity contribution in [3.05, 3.63) is 71.8 Å². The molecule has 27 heavy (non-hydrogen) atoms. The van der Waals surface area contributed by atoms with E-state index in [1.165, 1.54) is 11.1 Å². The van der Waals surface area contributed by atoms with E-state index in [0.29, 0.717) is 26.4 Å². The summed E-state index contributed by atoms with van der Waals surface area (Å²) in [6.07, 6.45) is 0. The van der Waals surface area contributed by atoms with Crippen LogP contribution in [0.3, 0.4) is 0 Å². The van der Waals surface area contributed by atoms with Crippen molar-refractivity contribution in [2.45, 2.75) is 20.0 Å². The van der Waals surface area contributed by atoms with Crippen LogP contribution in [0.25, 0.3) is 0 Å². The normalized spacial score (nSPS) is 10.9. The monoisotopic (exact) mass is 371 g/mol. The van der Waals surface area contributed by atoms with E-state index in [4.69, 9.17) is 14.2 Å². The summed E-state index contributed by atoms with van der Waals surface area (Å²) >= 11 is 0. The molecule has 2 rings (SSSR count). The van der Waals surface area contributed by atoms with Crippen molar-refractivity contribution in [2.24, 2.45) is 0 Å². The minimum Gasteiger partial charge on any atom is -0.464 e. The van der Waals surface area contributed by atoms with Gasteiger partial charge in [0.05, 0.1) is 26.4 Å². The first-order chi connectivity index (χ1) is 13.3. The van der Waals surface area contributed by atoms with Gasteiger partial charge in [-0.15, -0.1) is 0 Å². The number of carbonyl (C=O) groups excluding carboxylic acids is 1. The molecular formula is C22H29NO4. The Bertz CT molecular complexity index is 592. The van der Waals surface area contributed by atoms with Gasteiger partial charge in [0.2, 0.25) is 0 Å². The van der Waals surface area contributed by atoms with Crippen molar-refractivity contribution in [1.82, 2.24) is 4.90 Å². The SMILES string of the molecule is CCOC(=O)COCCOCCN(Cc1ccccc1)Cc1ccccc1. The summed E-state index contributed by atoms with van der Waals surface area (Å²) in [5, 5.41) is 0. The Morgan fingerprint density at radius 1 is 0.815 bits per heavy atom. The molecule has 0 saturated heterocycles. The number of hydrogen-bond acceptors (Lipinski definition) is 5. The summed E-state index contributed by atoms with van der Waals surface area (Å²) in [6, 6.07) is 20.9. The molecule has 146 valence electrons. The average molecular weight is 371 g/mol.